The molecule has 0 aromatic rings. The van der Waals surface area contributed by atoms with Crippen LogP contribution in [0.3, 0.4) is 0 Å². The molecule has 0 aliphatic heterocycles. The van der Waals surface area contributed by atoms with Crippen molar-refractivity contribution < 1.29 is 22.9 Å². The van der Waals surface area contributed by atoms with Crippen molar-refractivity contribution in [2.24, 2.45) is 66.6 Å². The van der Waals surface area contributed by atoms with Crippen LogP contribution in [0.25, 0.3) is 0 Å². The zero-order chi connectivity index (χ0) is 28.4. The van der Waals surface area contributed by atoms with Crippen LogP contribution in [-0.4, -0.2) is 96.3 Å². The number of carbonyl (C=O) groups excluding carboxylic acids is 3. The molecule has 3 atom stereocenters. The van der Waals surface area contributed by atoms with Crippen molar-refractivity contribution >= 4 is 58.5 Å². The van der Waals surface area contributed by atoms with Crippen LogP contribution in [0.4, 0.5) is 0 Å². The number of nitrogens with two attached hydrogens (primary N) is 9. The van der Waals surface area contributed by atoms with E-state index in [1.807, 2.05) is 0 Å². The molecule has 0 saturated heterocycles. The number of aliphatic imine (C=N–C) groups is 3. The van der Waals surface area contributed by atoms with E-state index in [0.29, 0.717) is 19.3 Å². The van der Waals surface area contributed by atoms with E-state index in [4.69, 9.17) is 60.2 Å². The van der Waals surface area contributed by atoms with Crippen LogP contribution in [0.1, 0.15) is 38.5 Å². The molecule has 37 heavy (non-hydrogen) atoms. The summed E-state index contributed by atoms with van der Waals surface area (Å²) < 4.78 is 15.6. The Balaban J connectivity index is 5.11. The van der Waals surface area contributed by atoms with Crippen LogP contribution in [0.5, 0.6) is 0 Å². The molecule has 0 spiro atoms. The third-order valence-electron chi connectivity index (χ3n) is 4.45. The summed E-state index contributed by atoms with van der Waals surface area (Å²) >= 11 is -4.59. The number of nitrogens with zero attached hydrogens (tertiary/aromatic N) is 3. The number of carbonyl (C=O) groups is 3. The Morgan fingerprint density at radius 3 is 1.00 bits per heavy atom. The van der Waals surface area contributed by atoms with Gasteiger partial charge in [-0.05, 0) is 0 Å². The monoisotopic (exact) mass is 634 g/mol. The van der Waals surface area contributed by atoms with Gasteiger partial charge in [0.15, 0.2) is 0 Å². The zero-order valence-corrected chi connectivity index (χ0v) is 24.0. The summed E-state index contributed by atoms with van der Waals surface area (Å²) in [7, 11) is 0. The van der Waals surface area contributed by atoms with Gasteiger partial charge in [0.25, 0.3) is 0 Å². The van der Waals surface area contributed by atoms with Crippen LogP contribution in [0.2, 0.25) is 0 Å². The molecular weight excluding hydrogens is 595 g/mol. The topological polar surface area (TPSA) is 350 Å². The van der Waals surface area contributed by atoms with E-state index >= 15 is 0 Å². The fourth-order valence-electron chi connectivity index (χ4n) is 2.53. The second-order valence-electron chi connectivity index (χ2n) is 7.77. The quantitative estimate of drug-likeness (QED) is 0.0386. The maximum atomic E-state index is 12.4. The molecule has 0 aromatic heterocycles. The van der Waals surface area contributed by atoms with E-state index in [-0.39, 0.29) is 56.8 Å². The summed E-state index contributed by atoms with van der Waals surface area (Å²) in [6.45, 7) is 0.718. The first-order valence-electron chi connectivity index (χ1n) is 11.4. The fourth-order valence-corrected chi connectivity index (χ4v) is 6.06. The summed E-state index contributed by atoms with van der Waals surface area (Å²) in [6, 6.07) is -3.31. The van der Waals surface area contributed by atoms with Gasteiger partial charge in [-0.3, -0.25) is 0 Å². The van der Waals surface area contributed by atoms with Gasteiger partial charge in [0, 0.05) is 0 Å². The van der Waals surface area contributed by atoms with Crippen molar-refractivity contribution in [1.82, 2.24) is 0 Å². The molecule has 18 N–H and O–H groups in total. The van der Waals surface area contributed by atoms with Crippen molar-refractivity contribution in [2.45, 2.75) is 56.7 Å². The molecule has 18 nitrogen and oxygen atoms in total. The SMILES string of the molecule is NC(N)=NCCC[C@H](N)C(=O)[O][In]([O]C(=O)[C@@H](N)CCCN=C(N)N)[O]C(=O)[C@@H](N)CCCN=C(N)N. The van der Waals surface area contributed by atoms with Crippen molar-refractivity contribution in [3.63, 3.8) is 0 Å². The fraction of sp³-hybridized carbons (Fsp3) is 0.667. The molecule has 0 rings (SSSR count). The van der Waals surface area contributed by atoms with Crippen LogP contribution in [-0.2, 0) is 22.9 Å². The molecule has 0 amide bonds. The van der Waals surface area contributed by atoms with Gasteiger partial charge in [0.1, 0.15) is 0 Å². The first-order valence-corrected chi connectivity index (χ1v) is 15.4. The van der Waals surface area contributed by atoms with Gasteiger partial charge in [0.05, 0.1) is 0 Å². The minimum atomic E-state index is -4.59. The Hall–Kier alpha value is -3.03. The van der Waals surface area contributed by atoms with Crippen molar-refractivity contribution in [1.29, 1.82) is 0 Å². The van der Waals surface area contributed by atoms with Crippen LogP contribution < -0.4 is 51.6 Å². The van der Waals surface area contributed by atoms with Gasteiger partial charge in [-0.25, -0.2) is 0 Å². The summed E-state index contributed by atoms with van der Waals surface area (Å²) in [4.78, 5) is 48.6. The van der Waals surface area contributed by atoms with E-state index in [9.17, 15) is 14.4 Å². The number of guanidine groups is 3. The predicted molar refractivity (Wildman–Crippen MR) is 138 cm³/mol. The molecule has 19 heteroatoms. The van der Waals surface area contributed by atoms with Crippen LogP contribution in [0.15, 0.2) is 15.0 Å². The molecular formula is C18H39InN12O6. The summed E-state index contributed by atoms with van der Waals surface area (Å²) in [5.41, 5.74) is 48.9. The van der Waals surface area contributed by atoms with Gasteiger partial charge >= 0.3 is 224 Å². The maximum absolute atomic E-state index is 12.4. The Kier molecular flexibility index (Phi) is 17.6. The third-order valence-corrected chi connectivity index (χ3v) is 8.09. The summed E-state index contributed by atoms with van der Waals surface area (Å²) in [5.74, 6) is -3.07. The van der Waals surface area contributed by atoms with Gasteiger partial charge < -0.3 is 0 Å². The molecule has 0 bridgehead atoms. The summed E-state index contributed by atoms with van der Waals surface area (Å²) in [5, 5.41) is 0. The molecule has 0 fully saturated rings. The second-order valence-corrected chi connectivity index (χ2v) is 11.4. The summed E-state index contributed by atoms with van der Waals surface area (Å²) in [6.07, 6.45) is 1.58. The van der Waals surface area contributed by atoms with Crippen LogP contribution >= 0.6 is 0 Å². The van der Waals surface area contributed by atoms with Gasteiger partial charge in [0.2, 0.25) is 0 Å². The Morgan fingerprint density at radius 2 is 0.784 bits per heavy atom. The van der Waals surface area contributed by atoms with E-state index in [1.54, 1.807) is 0 Å². The van der Waals surface area contributed by atoms with E-state index in [1.165, 1.54) is 0 Å². The van der Waals surface area contributed by atoms with E-state index in [0.717, 1.165) is 0 Å². The Morgan fingerprint density at radius 1 is 0.541 bits per heavy atom. The average molecular weight is 634 g/mol. The number of hydrogen-bond donors (Lipinski definition) is 9. The first kappa shape index (κ1) is 34.0. The zero-order valence-electron chi connectivity index (χ0n) is 20.7. The van der Waals surface area contributed by atoms with Crippen molar-refractivity contribution in [3.8, 4) is 0 Å². The molecule has 0 heterocycles. The Labute approximate surface area is 224 Å². The molecule has 0 radical (unpaired) electrons. The number of rotatable bonds is 18. The molecule has 0 aliphatic rings. The van der Waals surface area contributed by atoms with Gasteiger partial charge in [-0.15, -0.1) is 0 Å². The molecule has 0 aromatic carbocycles. The third kappa shape index (κ3) is 18.0. The minimum absolute atomic E-state index is 0.101. The van der Waals surface area contributed by atoms with E-state index in [2.05, 4.69) is 15.0 Å². The van der Waals surface area contributed by atoms with Gasteiger partial charge in [-0.2, -0.15) is 0 Å². The Bertz CT molecular complexity index is 710. The molecule has 0 unspecified atom stereocenters. The first-order chi connectivity index (χ1) is 17.3. The molecule has 210 valence electrons. The van der Waals surface area contributed by atoms with Crippen LogP contribution in [0, 0.1) is 0 Å². The number of hydrogen-bond acceptors (Lipinski definition) is 12. The normalized spacial score (nSPS) is 12.7. The standard InChI is InChI=1S/3C6H14N4O2.In/c3*7-4(5(11)12)2-1-3-10-6(8)9;/h3*4H,1-3,7H2,(H,11,12)(H4,8,9,10);/q;;;+3/p-3/t3*4-;/m000./s1. The average Bonchev–Trinajstić information content (AvgIpc) is 2.81. The molecule has 0 saturated carbocycles. The predicted octanol–water partition coefficient (Wildman–Crippen LogP) is -5.26. The molecule has 0 aliphatic carbocycles. The van der Waals surface area contributed by atoms with Gasteiger partial charge in [-0.1, -0.05) is 0 Å². The van der Waals surface area contributed by atoms with Crippen molar-refractivity contribution in [3.05, 3.63) is 0 Å². The second kappa shape index (κ2) is 19.1. The van der Waals surface area contributed by atoms with Crippen molar-refractivity contribution in [2.75, 3.05) is 19.6 Å². The van der Waals surface area contributed by atoms with E-state index < -0.39 is 58.8 Å².